The molecule has 5 nitrogen and oxygen atoms in total. The second kappa shape index (κ2) is 7.98. The highest BCUT2D eigenvalue weighted by Crippen LogP contribution is 2.35. The molecule has 1 aromatic heterocycles. The van der Waals surface area contributed by atoms with E-state index >= 15 is 0 Å². The van der Waals surface area contributed by atoms with Gasteiger partial charge in [-0.3, -0.25) is 4.68 Å². The first-order chi connectivity index (χ1) is 12.1. The van der Waals surface area contributed by atoms with Crippen LogP contribution >= 0.6 is 11.6 Å². The van der Waals surface area contributed by atoms with Crippen LogP contribution in [0, 0.1) is 6.92 Å². The van der Waals surface area contributed by atoms with Crippen molar-refractivity contribution in [2.75, 3.05) is 6.54 Å². The van der Waals surface area contributed by atoms with Crippen LogP contribution in [0.1, 0.15) is 30.3 Å². The molecule has 0 aliphatic carbocycles. The third-order valence-electron chi connectivity index (χ3n) is 3.88. The van der Waals surface area contributed by atoms with E-state index in [1.165, 1.54) is 19.1 Å². The van der Waals surface area contributed by atoms with E-state index in [-0.39, 0.29) is 30.1 Å². The van der Waals surface area contributed by atoms with Gasteiger partial charge in [-0.25, -0.2) is 13.1 Å². The van der Waals surface area contributed by atoms with E-state index in [1.807, 2.05) is 6.92 Å². The summed E-state index contributed by atoms with van der Waals surface area (Å²) in [7, 11) is -3.66. The summed E-state index contributed by atoms with van der Waals surface area (Å²) < 4.78 is 66.3. The van der Waals surface area contributed by atoms with Gasteiger partial charge in [0.25, 0.3) is 0 Å². The molecule has 0 spiro atoms. The van der Waals surface area contributed by atoms with E-state index in [9.17, 15) is 21.6 Å². The minimum Gasteiger partial charge on any atom is -0.268 e. The van der Waals surface area contributed by atoms with Crippen LogP contribution in [-0.4, -0.2) is 24.7 Å². The van der Waals surface area contributed by atoms with Crippen LogP contribution in [0.4, 0.5) is 13.2 Å². The number of sulfonamides is 1. The Kier molecular flexibility index (Phi) is 6.36. The minimum absolute atomic E-state index is 0.0656. The Bertz CT molecular complexity index is 862. The maximum atomic E-state index is 12.8. The predicted octanol–water partition coefficient (Wildman–Crippen LogP) is 3.79. The SMILES string of the molecule is CCc1ccc(S(=O)(=O)NCCCn2nc(C(F)(F)F)c(Cl)c2C)cc1. The summed E-state index contributed by atoms with van der Waals surface area (Å²) in [5.41, 5.74) is 0.0840. The van der Waals surface area contributed by atoms with Crippen molar-refractivity contribution in [2.45, 2.75) is 44.3 Å². The molecule has 10 heteroatoms. The number of aryl methyl sites for hydroxylation is 2. The standard InChI is InChI=1S/C16H19ClF3N3O2S/c1-3-12-5-7-13(8-6-12)26(24,25)21-9-4-10-23-11(2)14(17)15(22-23)16(18,19)20/h5-8,21H,3-4,9-10H2,1-2H3. The summed E-state index contributed by atoms with van der Waals surface area (Å²) >= 11 is 5.67. The smallest absolute Gasteiger partial charge is 0.268 e. The molecule has 0 radical (unpaired) electrons. The van der Waals surface area contributed by atoms with Crippen molar-refractivity contribution < 1.29 is 21.6 Å². The van der Waals surface area contributed by atoms with Gasteiger partial charge < -0.3 is 0 Å². The zero-order valence-electron chi connectivity index (χ0n) is 14.3. The van der Waals surface area contributed by atoms with Gasteiger partial charge in [-0.15, -0.1) is 0 Å². The fourth-order valence-electron chi connectivity index (χ4n) is 2.35. The number of alkyl halides is 3. The summed E-state index contributed by atoms with van der Waals surface area (Å²) in [5, 5.41) is 3.04. The van der Waals surface area contributed by atoms with Crippen molar-refractivity contribution in [3.8, 4) is 0 Å². The molecule has 0 saturated heterocycles. The highest BCUT2D eigenvalue weighted by molar-refractivity contribution is 7.89. The third-order valence-corrected chi connectivity index (χ3v) is 5.81. The van der Waals surface area contributed by atoms with Crippen molar-refractivity contribution >= 4 is 21.6 Å². The first-order valence-electron chi connectivity index (χ1n) is 7.95. The lowest BCUT2D eigenvalue weighted by Gasteiger charge is -2.08. The molecule has 0 aliphatic heterocycles. The first kappa shape index (κ1) is 20.7. The summed E-state index contributed by atoms with van der Waals surface area (Å²) in [6, 6.07) is 6.52. The molecule has 0 bridgehead atoms. The zero-order valence-corrected chi connectivity index (χ0v) is 15.8. The molecule has 2 rings (SSSR count). The van der Waals surface area contributed by atoms with Crippen LogP contribution in [0.2, 0.25) is 5.02 Å². The Balaban J connectivity index is 1.96. The molecule has 0 fully saturated rings. The first-order valence-corrected chi connectivity index (χ1v) is 9.81. The normalized spacial score (nSPS) is 12.5. The van der Waals surface area contributed by atoms with Gasteiger partial charge in [0.2, 0.25) is 10.0 Å². The molecular weight excluding hydrogens is 391 g/mol. The van der Waals surface area contributed by atoms with Crippen molar-refractivity contribution in [1.29, 1.82) is 0 Å². The van der Waals surface area contributed by atoms with Crippen molar-refractivity contribution in [3.05, 3.63) is 46.2 Å². The fraction of sp³-hybridized carbons (Fsp3) is 0.438. The fourth-order valence-corrected chi connectivity index (χ4v) is 3.66. The summed E-state index contributed by atoms with van der Waals surface area (Å²) in [5.74, 6) is 0. The van der Waals surface area contributed by atoms with Crippen molar-refractivity contribution in [3.63, 3.8) is 0 Å². The predicted molar refractivity (Wildman–Crippen MR) is 92.6 cm³/mol. The summed E-state index contributed by atoms with van der Waals surface area (Å²) in [6.45, 7) is 3.58. The molecule has 26 heavy (non-hydrogen) atoms. The zero-order chi connectivity index (χ0) is 19.5. The van der Waals surface area contributed by atoms with Crippen LogP contribution < -0.4 is 4.72 Å². The topological polar surface area (TPSA) is 64.0 Å². The van der Waals surface area contributed by atoms with Crippen LogP contribution in [0.25, 0.3) is 0 Å². The second-order valence-corrected chi connectivity index (χ2v) is 7.86. The van der Waals surface area contributed by atoms with E-state index in [4.69, 9.17) is 11.6 Å². The molecule has 2 aromatic rings. The number of nitrogens with zero attached hydrogens (tertiary/aromatic N) is 2. The Morgan fingerprint density at radius 2 is 1.85 bits per heavy atom. The van der Waals surface area contributed by atoms with E-state index in [1.54, 1.807) is 12.1 Å². The van der Waals surface area contributed by atoms with Gasteiger partial charge in [0.1, 0.15) is 0 Å². The Morgan fingerprint density at radius 1 is 1.23 bits per heavy atom. The van der Waals surface area contributed by atoms with E-state index < -0.39 is 26.9 Å². The van der Waals surface area contributed by atoms with Crippen molar-refractivity contribution in [1.82, 2.24) is 14.5 Å². The van der Waals surface area contributed by atoms with Crippen LogP contribution in [0.5, 0.6) is 0 Å². The van der Waals surface area contributed by atoms with Gasteiger partial charge in [-0.05, 0) is 37.5 Å². The van der Waals surface area contributed by atoms with Crippen LogP contribution in [0.15, 0.2) is 29.2 Å². The average Bonchev–Trinajstić information content (AvgIpc) is 2.87. The highest BCUT2D eigenvalue weighted by Gasteiger charge is 2.38. The lowest BCUT2D eigenvalue weighted by atomic mass is 10.2. The van der Waals surface area contributed by atoms with Crippen molar-refractivity contribution in [2.24, 2.45) is 0 Å². The van der Waals surface area contributed by atoms with E-state index in [0.717, 1.165) is 16.7 Å². The van der Waals surface area contributed by atoms with Crippen LogP contribution in [0.3, 0.4) is 0 Å². The Hall–Kier alpha value is -1.58. The van der Waals surface area contributed by atoms with Gasteiger partial charge >= 0.3 is 6.18 Å². The minimum atomic E-state index is -4.63. The lowest BCUT2D eigenvalue weighted by Crippen LogP contribution is -2.25. The van der Waals surface area contributed by atoms with Gasteiger partial charge in [0.15, 0.2) is 5.69 Å². The molecule has 1 aromatic carbocycles. The van der Waals surface area contributed by atoms with E-state index in [2.05, 4.69) is 9.82 Å². The number of rotatable bonds is 7. The molecular formula is C16H19ClF3N3O2S. The van der Waals surface area contributed by atoms with Gasteiger partial charge in [0, 0.05) is 13.1 Å². The Morgan fingerprint density at radius 3 is 2.35 bits per heavy atom. The molecule has 0 aliphatic rings. The lowest BCUT2D eigenvalue weighted by molar-refractivity contribution is -0.141. The molecule has 1 N–H and O–H groups in total. The highest BCUT2D eigenvalue weighted by atomic mass is 35.5. The average molecular weight is 410 g/mol. The number of benzene rings is 1. The summed E-state index contributed by atoms with van der Waals surface area (Å²) in [6.07, 6.45) is -3.55. The molecule has 1 heterocycles. The molecule has 0 saturated carbocycles. The molecule has 0 amide bonds. The van der Waals surface area contributed by atoms with Gasteiger partial charge in [-0.1, -0.05) is 30.7 Å². The molecule has 144 valence electrons. The van der Waals surface area contributed by atoms with E-state index in [0.29, 0.717) is 0 Å². The number of nitrogens with one attached hydrogen (secondary N) is 1. The number of halogens is 4. The van der Waals surface area contributed by atoms with Gasteiger partial charge in [0.05, 0.1) is 15.6 Å². The largest absolute Gasteiger partial charge is 0.436 e. The Labute approximate surface area is 155 Å². The third kappa shape index (κ3) is 4.77. The molecule has 0 unspecified atom stereocenters. The monoisotopic (exact) mass is 409 g/mol. The quantitative estimate of drug-likeness (QED) is 0.707. The second-order valence-electron chi connectivity index (χ2n) is 5.72. The number of hydrogen-bond donors (Lipinski definition) is 1. The maximum Gasteiger partial charge on any atom is 0.436 e. The van der Waals surface area contributed by atoms with Gasteiger partial charge in [-0.2, -0.15) is 18.3 Å². The van der Waals surface area contributed by atoms with Crippen LogP contribution in [-0.2, 0) is 29.2 Å². The number of aromatic nitrogens is 2. The summed E-state index contributed by atoms with van der Waals surface area (Å²) in [4.78, 5) is 0.146. The number of hydrogen-bond acceptors (Lipinski definition) is 3. The maximum absolute atomic E-state index is 12.8. The molecule has 0 atom stereocenters.